The lowest BCUT2D eigenvalue weighted by Gasteiger charge is -2.16. The Balaban J connectivity index is 1.90. The summed E-state index contributed by atoms with van der Waals surface area (Å²) in [5.74, 6) is 2.50. The van der Waals surface area contributed by atoms with Crippen LogP contribution in [-0.4, -0.2) is 42.0 Å². The Kier molecular flexibility index (Phi) is 4.74. The van der Waals surface area contributed by atoms with Crippen LogP contribution in [0.2, 0.25) is 0 Å². The number of hydrogen-bond donors (Lipinski definition) is 2. The summed E-state index contributed by atoms with van der Waals surface area (Å²) in [5, 5.41) is 17.4. The molecule has 1 saturated carbocycles. The van der Waals surface area contributed by atoms with E-state index in [-0.39, 0.29) is 0 Å². The first-order valence-corrected chi connectivity index (χ1v) is 9.26. The Morgan fingerprint density at radius 2 is 1.82 bits per heavy atom. The van der Waals surface area contributed by atoms with Gasteiger partial charge in [-0.2, -0.15) is 14.9 Å². The van der Waals surface area contributed by atoms with Gasteiger partial charge in [-0.15, -0.1) is 0 Å². The second-order valence-corrected chi connectivity index (χ2v) is 6.82. The van der Waals surface area contributed by atoms with Crippen molar-refractivity contribution in [2.45, 2.75) is 31.7 Å². The molecule has 8 heteroatoms. The number of nitriles is 1. The van der Waals surface area contributed by atoms with Crippen molar-refractivity contribution in [2.24, 2.45) is 0 Å². The van der Waals surface area contributed by atoms with Gasteiger partial charge in [0.2, 0.25) is 5.75 Å². The number of aromatic nitrogens is 3. The van der Waals surface area contributed by atoms with E-state index in [0.29, 0.717) is 34.5 Å². The number of benzene rings is 1. The van der Waals surface area contributed by atoms with Crippen LogP contribution in [0.5, 0.6) is 17.2 Å². The van der Waals surface area contributed by atoms with Gasteiger partial charge >= 0.3 is 0 Å². The largest absolute Gasteiger partial charge is 0.493 e. The number of aromatic amines is 1. The molecule has 8 nitrogen and oxygen atoms in total. The highest BCUT2D eigenvalue weighted by molar-refractivity contribution is 5.81. The number of nitrogens with one attached hydrogen (secondary N) is 2. The van der Waals surface area contributed by atoms with E-state index >= 15 is 0 Å². The molecule has 1 aliphatic carbocycles. The number of rotatable bonds is 6. The molecule has 0 aliphatic heterocycles. The predicted molar refractivity (Wildman–Crippen MR) is 105 cm³/mol. The van der Waals surface area contributed by atoms with E-state index in [2.05, 4.69) is 21.5 Å². The smallest absolute Gasteiger partial charge is 0.203 e. The number of imidazole rings is 1. The Bertz CT molecular complexity index is 1020. The molecule has 0 saturated heterocycles. The monoisotopic (exact) mass is 381 g/mol. The fourth-order valence-corrected chi connectivity index (χ4v) is 3.83. The maximum Gasteiger partial charge on any atom is 0.203 e. The third-order valence-electron chi connectivity index (χ3n) is 5.23. The van der Waals surface area contributed by atoms with Gasteiger partial charge in [0.25, 0.3) is 0 Å². The molecular formula is C20H23N5O3. The third kappa shape index (κ3) is 2.89. The number of hydrogen-bond acceptors (Lipinski definition) is 6. The van der Waals surface area contributed by atoms with Crippen LogP contribution in [0.4, 0.5) is 5.82 Å². The van der Waals surface area contributed by atoms with Gasteiger partial charge in [-0.1, -0.05) is 12.8 Å². The molecule has 0 bridgehead atoms. The summed E-state index contributed by atoms with van der Waals surface area (Å²) in [6, 6.07) is 6.35. The van der Waals surface area contributed by atoms with Gasteiger partial charge in [0.1, 0.15) is 11.6 Å². The second-order valence-electron chi connectivity index (χ2n) is 6.82. The lowest BCUT2D eigenvalue weighted by Crippen LogP contribution is -2.16. The number of methoxy groups -OCH3 is 3. The van der Waals surface area contributed by atoms with Gasteiger partial charge in [-0.25, -0.2) is 0 Å². The third-order valence-corrected chi connectivity index (χ3v) is 5.23. The zero-order chi connectivity index (χ0) is 19.7. The minimum Gasteiger partial charge on any atom is -0.493 e. The first kappa shape index (κ1) is 18.0. The van der Waals surface area contributed by atoms with Crippen molar-refractivity contribution in [2.75, 3.05) is 26.6 Å². The number of nitrogens with zero attached hydrogens (tertiary/aromatic N) is 3. The fraction of sp³-hybridized carbons (Fsp3) is 0.400. The van der Waals surface area contributed by atoms with Crippen molar-refractivity contribution < 1.29 is 14.2 Å². The van der Waals surface area contributed by atoms with Crippen molar-refractivity contribution in [3.8, 4) is 34.6 Å². The van der Waals surface area contributed by atoms with Crippen LogP contribution in [0.1, 0.15) is 31.2 Å². The molecule has 2 N–H and O–H groups in total. The summed E-state index contributed by atoms with van der Waals surface area (Å²) in [6.45, 7) is 0. The zero-order valence-corrected chi connectivity index (χ0v) is 16.2. The minimum absolute atomic E-state index is 0.384. The van der Waals surface area contributed by atoms with E-state index in [1.54, 1.807) is 32.0 Å². The van der Waals surface area contributed by atoms with Gasteiger partial charge in [-0.3, -0.25) is 0 Å². The first-order chi connectivity index (χ1) is 13.7. The summed E-state index contributed by atoms with van der Waals surface area (Å²) in [7, 11) is 4.76. The second kappa shape index (κ2) is 7.35. The van der Waals surface area contributed by atoms with Crippen LogP contribution in [0, 0.1) is 11.3 Å². The molecule has 0 amide bonds. The number of fused-ring (bicyclic) bond motifs is 1. The highest BCUT2D eigenvalue weighted by atomic mass is 16.5. The minimum atomic E-state index is 0.384. The topological polar surface area (TPSA) is 96.6 Å². The number of anilines is 1. The fourth-order valence-electron chi connectivity index (χ4n) is 3.83. The van der Waals surface area contributed by atoms with E-state index in [1.165, 1.54) is 12.8 Å². The van der Waals surface area contributed by atoms with Gasteiger partial charge in [0.15, 0.2) is 23.0 Å². The van der Waals surface area contributed by atoms with Gasteiger partial charge in [0, 0.05) is 11.6 Å². The normalized spacial score (nSPS) is 14.2. The lowest BCUT2D eigenvalue weighted by molar-refractivity contribution is 0.324. The average molecular weight is 381 g/mol. The number of H-pyrrole nitrogens is 1. The summed E-state index contributed by atoms with van der Waals surface area (Å²) < 4.78 is 18.2. The predicted octanol–water partition coefficient (Wildman–Crippen LogP) is 3.58. The van der Waals surface area contributed by atoms with Crippen molar-refractivity contribution >= 4 is 11.5 Å². The maximum absolute atomic E-state index is 9.41. The quantitative estimate of drug-likeness (QED) is 0.677. The SMILES string of the molecule is COc1cc(-c2[nH]c3c(C#N)cnn3c2NC2CCCC2)cc(OC)c1OC. The summed E-state index contributed by atoms with van der Waals surface area (Å²) in [6.07, 6.45) is 6.24. The Morgan fingerprint density at radius 1 is 1.14 bits per heavy atom. The van der Waals surface area contributed by atoms with Crippen LogP contribution in [0.25, 0.3) is 16.9 Å². The molecule has 1 aromatic carbocycles. The van der Waals surface area contributed by atoms with Gasteiger partial charge < -0.3 is 24.5 Å². The molecule has 2 aromatic heterocycles. The van der Waals surface area contributed by atoms with E-state index < -0.39 is 0 Å². The van der Waals surface area contributed by atoms with Crippen LogP contribution >= 0.6 is 0 Å². The molecule has 3 aromatic rings. The van der Waals surface area contributed by atoms with Gasteiger partial charge in [0.05, 0.1) is 33.2 Å². The van der Waals surface area contributed by atoms with E-state index in [1.807, 2.05) is 12.1 Å². The highest BCUT2D eigenvalue weighted by Crippen LogP contribution is 2.43. The Labute approximate surface area is 163 Å². The molecule has 146 valence electrons. The Morgan fingerprint density at radius 3 is 2.39 bits per heavy atom. The first-order valence-electron chi connectivity index (χ1n) is 9.26. The van der Waals surface area contributed by atoms with Gasteiger partial charge in [-0.05, 0) is 25.0 Å². The molecule has 4 rings (SSSR count). The standard InChI is InChI=1S/C20H23N5O3/c1-26-15-8-12(9-16(27-2)18(15)28-3)17-20(23-14-6-4-5-7-14)25-19(24-17)13(10-21)11-22-25/h8-9,11,14,23-24H,4-7H2,1-3H3. The van der Waals surface area contributed by atoms with Crippen LogP contribution in [0.15, 0.2) is 18.3 Å². The molecule has 0 spiro atoms. The molecular weight excluding hydrogens is 358 g/mol. The molecule has 1 fully saturated rings. The van der Waals surface area contributed by atoms with Crippen LogP contribution < -0.4 is 19.5 Å². The molecule has 2 heterocycles. The van der Waals surface area contributed by atoms with E-state index in [4.69, 9.17) is 14.2 Å². The summed E-state index contributed by atoms with van der Waals surface area (Å²) in [4.78, 5) is 3.36. The summed E-state index contributed by atoms with van der Waals surface area (Å²) in [5.41, 5.74) is 2.83. The lowest BCUT2D eigenvalue weighted by atomic mass is 10.1. The van der Waals surface area contributed by atoms with Crippen molar-refractivity contribution in [3.05, 3.63) is 23.9 Å². The Hall–Kier alpha value is -3.34. The van der Waals surface area contributed by atoms with Crippen molar-refractivity contribution in [1.82, 2.24) is 14.6 Å². The molecule has 0 unspecified atom stereocenters. The van der Waals surface area contributed by atoms with Crippen LogP contribution in [-0.2, 0) is 0 Å². The highest BCUT2D eigenvalue weighted by Gasteiger charge is 2.24. The van der Waals surface area contributed by atoms with E-state index in [0.717, 1.165) is 29.9 Å². The molecule has 1 aliphatic rings. The van der Waals surface area contributed by atoms with Crippen molar-refractivity contribution in [3.63, 3.8) is 0 Å². The zero-order valence-electron chi connectivity index (χ0n) is 16.2. The maximum atomic E-state index is 9.41. The van der Waals surface area contributed by atoms with E-state index in [9.17, 15) is 5.26 Å². The number of ether oxygens (including phenoxy) is 3. The van der Waals surface area contributed by atoms with Crippen LogP contribution in [0.3, 0.4) is 0 Å². The molecule has 28 heavy (non-hydrogen) atoms. The molecule has 0 radical (unpaired) electrons. The van der Waals surface area contributed by atoms with Crippen molar-refractivity contribution in [1.29, 1.82) is 5.26 Å². The molecule has 0 atom stereocenters. The average Bonchev–Trinajstić information content (AvgIpc) is 3.45. The summed E-state index contributed by atoms with van der Waals surface area (Å²) >= 11 is 0.